The van der Waals surface area contributed by atoms with Crippen LogP contribution in [0.5, 0.6) is 11.5 Å². The van der Waals surface area contributed by atoms with Crippen LogP contribution in [0, 0.1) is 0 Å². The van der Waals surface area contributed by atoms with Crippen molar-refractivity contribution in [3.63, 3.8) is 0 Å². The average Bonchev–Trinajstić information content (AvgIpc) is 3.05. The van der Waals surface area contributed by atoms with Crippen LogP contribution in [0.3, 0.4) is 0 Å². The summed E-state index contributed by atoms with van der Waals surface area (Å²) in [5.74, 6) is 1.29. The van der Waals surface area contributed by atoms with Gasteiger partial charge in [0, 0.05) is 6.20 Å². The van der Waals surface area contributed by atoms with Crippen LogP contribution in [-0.2, 0) is 6.54 Å². The number of carbonyl (C=O) groups excluding carboxylic acids is 1. The molecule has 118 valence electrons. The summed E-state index contributed by atoms with van der Waals surface area (Å²) in [5, 5.41) is 12.2. The topological polar surface area (TPSA) is 88.3 Å². The lowest BCUT2D eigenvalue weighted by Gasteiger charge is -2.17. The van der Waals surface area contributed by atoms with E-state index in [1.165, 1.54) is 0 Å². The Kier molecular flexibility index (Phi) is 5.24. The molecule has 0 aliphatic rings. The third kappa shape index (κ3) is 3.91. The fourth-order valence-corrected chi connectivity index (χ4v) is 2.01. The fraction of sp³-hybridized carbons (Fsp3) is 0.333. The third-order valence-electron chi connectivity index (χ3n) is 3.25. The number of rotatable bonds is 6. The number of nitrogens with one attached hydrogen (secondary N) is 3. The van der Waals surface area contributed by atoms with Gasteiger partial charge in [0.1, 0.15) is 0 Å². The second kappa shape index (κ2) is 7.35. The van der Waals surface area contributed by atoms with Gasteiger partial charge in [0.25, 0.3) is 0 Å². The Hall–Kier alpha value is -2.70. The number of carbonyl (C=O) groups is 1. The number of H-pyrrole nitrogens is 1. The summed E-state index contributed by atoms with van der Waals surface area (Å²) in [4.78, 5) is 11.9. The molecule has 22 heavy (non-hydrogen) atoms. The maximum Gasteiger partial charge on any atom is 0.315 e. The van der Waals surface area contributed by atoms with Crippen LogP contribution in [0.4, 0.5) is 4.79 Å². The maximum atomic E-state index is 11.9. The molecule has 0 saturated carbocycles. The Morgan fingerprint density at radius 3 is 2.68 bits per heavy atom. The molecule has 2 amide bonds. The molecule has 0 spiro atoms. The fourth-order valence-electron chi connectivity index (χ4n) is 2.01. The van der Waals surface area contributed by atoms with Crippen molar-refractivity contribution >= 4 is 6.03 Å². The Labute approximate surface area is 129 Å². The van der Waals surface area contributed by atoms with Gasteiger partial charge in [-0.25, -0.2) is 4.79 Å². The largest absolute Gasteiger partial charge is 0.493 e. The molecule has 7 heteroatoms. The van der Waals surface area contributed by atoms with Gasteiger partial charge in [-0.05, 0) is 30.7 Å². The highest BCUT2D eigenvalue weighted by molar-refractivity contribution is 5.74. The second-order valence-corrected chi connectivity index (χ2v) is 4.75. The molecule has 1 atom stereocenters. The third-order valence-corrected chi connectivity index (χ3v) is 3.25. The lowest BCUT2D eigenvalue weighted by atomic mass is 10.1. The SMILES string of the molecule is COc1ccc([C@H](C)NC(=O)NCc2ccn[nH]2)cc1OC. The highest BCUT2D eigenvalue weighted by atomic mass is 16.5. The molecule has 2 aromatic rings. The minimum Gasteiger partial charge on any atom is -0.493 e. The van der Waals surface area contributed by atoms with Crippen LogP contribution in [0.2, 0.25) is 0 Å². The minimum absolute atomic E-state index is 0.165. The molecule has 0 aliphatic carbocycles. The summed E-state index contributed by atoms with van der Waals surface area (Å²) >= 11 is 0. The summed E-state index contributed by atoms with van der Waals surface area (Å²) in [6, 6.07) is 6.94. The predicted octanol–water partition coefficient (Wildman–Crippen LogP) is 1.99. The van der Waals surface area contributed by atoms with Gasteiger partial charge in [-0.2, -0.15) is 5.10 Å². The molecule has 1 aromatic heterocycles. The molecule has 3 N–H and O–H groups in total. The average molecular weight is 304 g/mol. The maximum absolute atomic E-state index is 11.9. The van der Waals surface area contributed by atoms with Crippen molar-refractivity contribution in [3.8, 4) is 11.5 Å². The predicted molar refractivity (Wildman–Crippen MR) is 81.9 cm³/mol. The van der Waals surface area contributed by atoms with Crippen molar-refractivity contribution < 1.29 is 14.3 Å². The van der Waals surface area contributed by atoms with E-state index in [-0.39, 0.29) is 12.1 Å². The number of hydrogen-bond acceptors (Lipinski definition) is 4. The van der Waals surface area contributed by atoms with E-state index in [2.05, 4.69) is 20.8 Å². The van der Waals surface area contributed by atoms with E-state index in [1.807, 2.05) is 25.1 Å². The Balaban J connectivity index is 1.93. The first-order chi connectivity index (χ1) is 10.6. The van der Waals surface area contributed by atoms with E-state index >= 15 is 0 Å². The summed E-state index contributed by atoms with van der Waals surface area (Å²) in [6.45, 7) is 2.29. The number of aromatic nitrogens is 2. The Morgan fingerprint density at radius 2 is 2.05 bits per heavy atom. The summed E-state index contributed by atoms with van der Waals surface area (Å²) in [6.07, 6.45) is 1.64. The lowest BCUT2D eigenvalue weighted by molar-refractivity contribution is 0.237. The highest BCUT2D eigenvalue weighted by Gasteiger charge is 2.12. The van der Waals surface area contributed by atoms with E-state index in [4.69, 9.17) is 9.47 Å². The zero-order valence-corrected chi connectivity index (χ0v) is 12.8. The van der Waals surface area contributed by atoms with Gasteiger partial charge in [0.05, 0.1) is 32.5 Å². The zero-order chi connectivity index (χ0) is 15.9. The van der Waals surface area contributed by atoms with Crippen LogP contribution in [0.25, 0.3) is 0 Å². The smallest absolute Gasteiger partial charge is 0.315 e. The first-order valence-electron chi connectivity index (χ1n) is 6.88. The van der Waals surface area contributed by atoms with E-state index in [1.54, 1.807) is 26.5 Å². The number of methoxy groups -OCH3 is 2. The summed E-state index contributed by atoms with van der Waals surface area (Å²) in [5.41, 5.74) is 1.77. The first-order valence-corrected chi connectivity index (χ1v) is 6.88. The van der Waals surface area contributed by atoms with Crippen LogP contribution in [0.1, 0.15) is 24.2 Å². The molecular weight excluding hydrogens is 284 g/mol. The quantitative estimate of drug-likeness (QED) is 0.761. The molecular formula is C15H20N4O3. The minimum atomic E-state index is -0.253. The second-order valence-electron chi connectivity index (χ2n) is 4.75. The molecule has 0 radical (unpaired) electrons. The molecule has 0 bridgehead atoms. The highest BCUT2D eigenvalue weighted by Crippen LogP contribution is 2.29. The molecule has 0 fully saturated rings. The molecule has 1 heterocycles. The number of hydrogen-bond donors (Lipinski definition) is 3. The van der Waals surface area contributed by atoms with Gasteiger partial charge in [-0.1, -0.05) is 6.07 Å². The van der Waals surface area contributed by atoms with Crippen molar-refractivity contribution in [2.24, 2.45) is 0 Å². The van der Waals surface area contributed by atoms with Crippen LogP contribution >= 0.6 is 0 Å². The van der Waals surface area contributed by atoms with E-state index in [0.717, 1.165) is 11.3 Å². The number of aromatic amines is 1. The van der Waals surface area contributed by atoms with Gasteiger partial charge in [-0.3, -0.25) is 5.10 Å². The number of benzene rings is 1. The molecule has 2 rings (SSSR count). The van der Waals surface area contributed by atoms with Gasteiger partial charge in [0.2, 0.25) is 0 Å². The monoisotopic (exact) mass is 304 g/mol. The number of nitrogens with zero attached hydrogens (tertiary/aromatic N) is 1. The molecule has 7 nitrogen and oxygen atoms in total. The van der Waals surface area contributed by atoms with Crippen molar-refractivity contribution in [1.82, 2.24) is 20.8 Å². The number of ether oxygens (including phenoxy) is 2. The molecule has 0 aliphatic heterocycles. The summed E-state index contributed by atoms with van der Waals surface area (Å²) < 4.78 is 10.5. The van der Waals surface area contributed by atoms with Gasteiger partial charge < -0.3 is 20.1 Å². The summed E-state index contributed by atoms with van der Waals surface area (Å²) in [7, 11) is 3.17. The number of amides is 2. The Bertz CT molecular complexity index is 613. The van der Waals surface area contributed by atoms with Crippen LogP contribution in [-0.4, -0.2) is 30.4 Å². The first kappa shape index (κ1) is 15.7. The van der Waals surface area contributed by atoms with E-state index < -0.39 is 0 Å². The zero-order valence-electron chi connectivity index (χ0n) is 12.8. The number of urea groups is 1. The lowest BCUT2D eigenvalue weighted by Crippen LogP contribution is -2.36. The van der Waals surface area contributed by atoms with Crippen LogP contribution in [0.15, 0.2) is 30.5 Å². The molecule has 0 saturated heterocycles. The van der Waals surface area contributed by atoms with Crippen molar-refractivity contribution in [3.05, 3.63) is 41.7 Å². The van der Waals surface area contributed by atoms with Crippen molar-refractivity contribution in [1.29, 1.82) is 0 Å². The normalized spacial score (nSPS) is 11.6. The van der Waals surface area contributed by atoms with E-state index in [9.17, 15) is 4.79 Å². The molecule has 0 unspecified atom stereocenters. The molecule has 1 aromatic carbocycles. The van der Waals surface area contributed by atoms with Gasteiger partial charge >= 0.3 is 6.03 Å². The van der Waals surface area contributed by atoms with Gasteiger partial charge in [0.15, 0.2) is 11.5 Å². The Morgan fingerprint density at radius 1 is 1.27 bits per heavy atom. The van der Waals surface area contributed by atoms with Gasteiger partial charge in [-0.15, -0.1) is 0 Å². The van der Waals surface area contributed by atoms with Crippen molar-refractivity contribution in [2.45, 2.75) is 19.5 Å². The standard InChI is InChI=1S/C15H20N4O3/c1-10(11-4-5-13(21-2)14(8-11)22-3)18-15(20)16-9-12-6-7-17-19-12/h4-8,10H,9H2,1-3H3,(H,17,19)(H2,16,18,20)/t10-/m0/s1. The van der Waals surface area contributed by atoms with Crippen molar-refractivity contribution in [2.75, 3.05) is 14.2 Å². The van der Waals surface area contributed by atoms with E-state index in [0.29, 0.717) is 18.0 Å². The van der Waals surface area contributed by atoms with Crippen LogP contribution < -0.4 is 20.1 Å².